The van der Waals surface area contributed by atoms with Crippen LogP contribution in [0.3, 0.4) is 0 Å². The van der Waals surface area contributed by atoms with Crippen LogP contribution in [0.25, 0.3) is 0 Å². The lowest BCUT2D eigenvalue weighted by Crippen LogP contribution is -2.15. The molecule has 80 valence electrons. The summed E-state index contributed by atoms with van der Waals surface area (Å²) in [5.74, 6) is 1.29. The molecule has 2 rings (SSSR count). The summed E-state index contributed by atoms with van der Waals surface area (Å²) in [4.78, 5) is 11.1. The Morgan fingerprint density at radius 3 is 2.67 bits per heavy atom. The summed E-state index contributed by atoms with van der Waals surface area (Å²) in [7, 11) is 0. The molecule has 1 atom stereocenters. The molecule has 0 saturated carbocycles. The maximum absolute atomic E-state index is 11.1. The molecule has 0 aliphatic carbocycles. The first-order valence-corrected chi connectivity index (χ1v) is 5.16. The smallest absolute Gasteiger partial charge is 0.161 e. The molecule has 0 aromatic heterocycles. The molecule has 0 amide bonds. The lowest BCUT2D eigenvalue weighted by molar-refractivity contribution is -0.116. The van der Waals surface area contributed by atoms with Crippen molar-refractivity contribution in [2.45, 2.75) is 12.3 Å². The zero-order valence-corrected chi connectivity index (χ0v) is 9.08. The fourth-order valence-corrected chi connectivity index (χ4v) is 1.59. The number of fused-ring (bicyclic) bond motifs is 1. The SMILES string of the molecule is CC(=O)C(Cl)c1ccc2c(c1)OCCO2. The number of hydrogen-bond acceptors (Lipinski definition) is 3. The highest BCUT2D eigenvalue weighted by Crippen LogP contribution is 2.34. The van der Waals surface area contributed by atoms with E-state index in [9.17, 15) is 4.79 Å². The molecule has 0 saturated heterocycles. The second-order valence-electron chi connectivity index (χ2n) is 3.38. The molecule has 1 unspecified atom stereocenters. The van der Waals surface area contributed by atoms with Gasteiger partial charge in [0.05, 0.1) is 0 Å². The summed E-state index contributed by atoms with van der Waals surface area (Å²) in [6.07, 6.45) is 0. The van der Waals surface area contributed by atoms with Crippen molar-refractivity contribution in [2.75, 3.05) is 13.2 Å². The van der Waals surface area contributed by atoms with Crippen LogP contribution in [-0.2, 0) is 4.79 Å². The van der Waals surface area contributed by atoms with Crippen LogP contribution in [0.4, 0.5) is 0 Å². The molecule has 0 radical (unpaired) electrons. The van der Waals surface area contributed by atoms with Crippen LogP contribution in [0.1, 0.15) is 17.9 Å². The first-order chi connectivity index (χ1) is 7.18. The van der Waals surface area contributed by atoms with E-state index in [0.29, 0.717) is 24.7 Å². The van der Waals surface area contributed by atoms with Gasteiger partial charge in [0.2, 0.25) is 0 Å². The van der Waals surface area contributed by atoms with Crippen LogP contribution in [-0.4, -0.2) is 19.0 Å². The van der Waals surface area contributed by atoms with E-state index in [1.165, 1.54) is 6.92 Å². The molecule has 1 aliphatic rings. The minimum absolute atomic E-state index is 0.0756. The van der Waals surface area contributed by atoms with Gasteiger partial charge in [0.15, 0.2) is 17.3 Å². The number of rotatable bonds is 2. The molecule has 4 heteroatoms. The summed E-state index contributed by atoms with van der Waals surface area (Å²) in [5, 5.41) is -0.610. The number of carbonyl (C=O) groups excluding carboxylic acids is 1. The minimum atomic E-state index is -0.610. The van der Waals surface area contributed by atoms with Gasteiger partial charge < -0.3 is 9.47 Å². The highest BCUT2D eigenvalue weighted by atomic mass is 35.5. The number of Topliss-reactive ketones (excluding diaryl/α,β-unsaturated/α-hetero) is 1. The molecule has 1 heterocycles. The van der Waals surface area contributed by atoms with Crippen LogP contribution in [0.5, 0.6) is 11.5 Å². The van der Waals surface area contributed by atoms with Crippen molar-refractivity contribution < 1.29 is 14.3 Å². The van der Waals surface area contributed by atoms with Gasteiger partial charge in [-0.25, -0.2) is 0 Å². The topological polar surface area (TPSA) is 35.5 Å². The highest BCUT2D eigenvalue weighted by molar-refractivity contribution is 6.30. The fraction of sp³-hybridized carbons (Fsp3) is 0.364. The highest BCUT2D eigenvalue weighted by Gasteiger charge is 2.17. The number of carbonyl (C=O) groups is 1. The lowest BCUT2D eigenvalue weighted by Gasteiger charge is -2.19. The van der Waals surface area contributed by atoms with Gasteiger partial charge in [-0.05, 0) is 24.6 Å². The Hall–Kier alpha value is -1.22. The summed E-state index contributed by atoms with van der Waals surface area (Å²) in [6, 6.07) is 5.32. The number of hydrogen-bond donors (Lipinski definition) is 0. The van der Waals surface area contributed by atoms with Crippen LogP contribution in [0.2, 0.25) is 0 Å². The summed E-state index contributed by atoms with van der Waals surface area (Å²) < 4.78 is 10.8. The molecule has 0 N–H and O–H groups in total. The quantitative estimate of drug-likeness (QED) is 0.726. The third-order valence-electron chi connectivity index (χ3n) is 2.22. The molecule has 0 spiro atoms. The molecule has 15 heavy (non-hydrogen) atoms. The predicted molar refractivity (Wildman–Crippen MR) is 56.7 cm³/mol. The van der Waals surface area contributed by atoms with Gasteiger partial charge in [0.1, 0.15) is 18.6 Å². The maximum atomic E-state index is 11.1. The van der Waals surface area contributed by atoms with E-state index in [0.717, 1.165) is 5.56 Å². The average molecular weight is 227 g/mol. The minimum Gasteiger partial charge on any atom is -0.486 e. The van der Waals surface area contributed by atoms with Crippen molar-refractivity contribution in [3.8, 4) is 11.5 Å². The first kappa shape index (κ1) is 10.3. The molecule has 1 aromatic carbocycles. The molecule has 1 aliphatic heterocycles. The van der Waals surface area contributed by atoms with Crippen molar-refractivity contribution >= 4 is 17.4 Å². The summed E-state index contributed by atoms with van der Waals surface area (Å²) >= 11 is 5.94. The van der Waals surface area contributed by atoms with Crippen LogP contribution >= 0.6 is 11.6 Å². The summed E-state index contributed by atoms with van der Waals surface area (Å²) in [5.41, 5.74) is 0.744. The Labute approximate surface area is 92.9 Å². The average Bonchev–Trinajstić information content (AvgIpc) is 2.27. The number of alkyl halides is 1. The molecule has 0 bridgehead atoms. The number of benzene rings is 1. The predicted octanol–water partition coefficient (Wildman–Crippen LogP) is 2.33. The zero-order valence-electron chi connectivity index (χ0n) is 8.33. The van der Waals surface area contributed by atoms with Crippen molar-refractivity contribution in [1.29, 1.82) is 0 Å². The third kappa shape index (κ3) is 2.07. The van der Waals surface area contributed by atoms with Gasteiger partial charge in [-0.15, -0.1) is 11.6 Å². The van der Waals surface area contributed by atoms with Gasteiger partial charge in [0.25, 0.3) is 0 Å². The second-order valence-corrected chi connectivity index (χ2v) is 3.81. The number of ether oxygens (including phenoxy) is 2. The van der Waals surface area contributed by atoms with Gasteiger partial charge in [-0.1, -0.05) is 6.07 Å². The second kappa shape index (κ2) is 4.11. The lowest BCUT2D eigenvalue weighted by atomic mass is 10.1. The number of ketones is 1. The van der Waals surface area contributed by atoms with Gasteiger partial charge in [-0.3, -0.25) is 4.79 Å². The van der Waals surface area contributed by atoms with E-state index >= 15 is 0 Å². The Bertz CT molecular complexity index is 389. The van der Waals surface area contributed by atoms with Crippen molar-refractivity contribution in [3.63, 3.8) is 0 Å². The van der Waals surface area contributed by atoms with Crippen LogP contribution in [0, 0.1) is 0 Å². The van der Waals surface area contributed by atoms with E-state index in [4.69, 9.17) is 21.1 Å². The molecule has 0 fully saturated rings. The molecule has 3 nitrogen and oxygen atoms in total. The Kier molecular flexibility index (Phi) is 2.82. The van der Waals surface area contributed by atoms with Gasteiger partial charge >= 0.3 is 0 Å². The fourth-order valence-electron chi connectivity index (χ4n) is 1.45. The monoisotopic (exact) mass is 226 g/mol. The van der Waals surface area contributed by atoms with E-state index in [1.54, 1.807) is 18.2 Å². The largest absolute Gasteiger partial charge is 0.486 e. The van der Waals surface area contributed by atoms with Crippen LogP contribution < -0.4 is 9.47 Å². The standard InChI is InChI=1S/C11H11ClO3/c1-7(13)11(12)8-2-3-9-10(6-8)15-5-4-14-9/h2-3,6,11H,4-5H2,1H3. The van der Waals surface area contributed by atoms with E-state index in [2.05, 4.69) is 0 Å². The Balaban J connectivity index is 2.31. The Morgan fingerprint density at radius 1 is 1.33 bits per heavy atom. The summed E-state index contributed by atoms with van der Waals surface area (Å²) in [6.45, 7) is 2.56. The van der Waals surface area contributed by atoms with Crippen molar-refractivity contribution in [2.24, 2.45) is 0 Å². The third-order valence-corrected chi connectivity index (χ3v) is 2.78. The molecular weight excluding hydrogens is 216 g/mol. The number of halogens is 1. The van der Waals surface area contributed by atoms with Gasteiger partial charge in [-0.2, -0.15) is 0 Å². The first-order valence-electron chi connectivity index (χ1n) is 4.72. The molecule has 1 aromatic rings. The van der Waals surface area contributed by atoms with Crippen molar-refractivity contribution in [3.05, 3.63) is 23.8 Å². The Morgan fingerprint density at radius 2 is 2.00 bits per heavy atom. The van der Waals surface area contributed by atoms with Gasteiger partial charge in [0, 0.05) is 0 Å². The normalized spacial score (nSPS) is 15.9. The maximum Gasteiger partial charge on any atom is 0.161 e. The van der Waals surface area contributed by atoms with Crippen LogP contribution in [0.15, 0.2) is 18.2 Å². The van der Waals surface area contributed by atoms with E-state index in [1.807, 2.05) is 0 Å². The van der Waals surface area contributed by atoms with E-state index in [-0.39, 0.29) is 5.78 Å². The molecular formula is C11H11ClO3. The van der Waals surface area contributed by atoms with E-state index < -0.39 is 5.38 Å². The zero-order chi connectivity index (χ0) is 10.8. The van der Waals surface area contributed by atoms with Crippen molar-refractivity contribution in [1.82, 2.24) is 0 Å².